The van der Waals surface area contributed by atoms with E-state index in [1.165, 1.54) is 22.3 Å². The molecule has 188 valence electrons. The first kappa shape index (κ1) is 24.6. The van der Waals surface area contributed by atoms with Crippen LogP contribution in [-0.4, -0.2) is 18.0 Å². The number of aldehydes is 1. The fourth-order valence-electron chi connectivity index (χ4n) is 6.12. The summed E-state index contributed by atoms with van der Waals surface area (Å²) in [5.74, 6) is 3.07. The van der Waals surface area contributed by atoms with Gasteiger partial charge in [-0.3, -0.25) is 0 Å². The average Bonchev–Trinajstić information content (AvgIpc) is 3.30. The van der Waals surface area contributed by atoms with Gasteiger partial charge in [-0.25, -0.2) is 0 Å². The Morgan fingerprint density at radius 2 is 1.61 bits per heavy atom. The minimum Gasteiger partial charge on any atom is -0.490 e. The van der Waals surface area contributed by atoms with E-state index in [2.05, 4.69) is 93.6 Å². The van der Waals surface area contributed by atoms with Crippen molar-refractivity contribution in [2.75, 3.05) is 0 Å². The molecule has 3 aromatic carbocycles. The molecule has 2 aliphatic rings. The molecule has 36 heavy (non-hydrogen) atoms. The standard InChI is InChI=1S/C33H38O3/c1-33(2,3)36-29-16-18-31-26(22-29)12-17-30(24-7-5-4-6-8-24)32(31)25-10-14-27(15-11-25)35-28-13-9-23(21-28)19-20-34/h4-8,10-11,14-16,18,20,22-23,28,30,32H,9,12-13,17,19,21H2,1-3H3/t23?,28?,30-,32+/m1/s1. The van der Waals surface area contributed by atoms with Gasteiger partial charge in [0.1, 0.15) is 23.4 Å². The quantitative estimate of drug-likeness (QED) is 0.322. The third-order valence-electron chi connectivity index (χ3n) is 7.69. The van der Waals surface area contributed by atoms with E-state index in [4.69, 9.17) is 9.47 Å². The Hall–Kier alpha value is -3.07. The number of benzene rings is 3. The van der Waals surface area contributed by atoms with E-state index in [1.807, 2.05) is 0 Å². The van der Waals surface area contributed by atoms with Gasteiger partial charge in [0.2, 0.25) is 0 Å². The van der Waals surface area contributed by atoms with Crippen LogP contribution in [0.15, 0.2) is 72.8 Å². The molecular weight excluding hydrogens is 444 g/mol. The van der Waals surface area contributed by atoms with Gasteiger partial charge in [-0.05, 0) is 111 Å². The number of hydrogen-bond donors (Lipinski definition) is 0. The van der Waals surface area contributed by atoms with E-state index >= 15 is 0 Å². The molecule has 3 heteroatoms. The van der Waals surface area contributed by atoms with E-state index in [0.29, 0.717) is 18.3 Å². The highest BCUT2D eigenvalue weighted by Crippen LogP contribution is 2.47. The predicted octanol–water partition coefficient (Wildman–Crippen LogP) is 7.86. The molecule has 5 rings (SSSR count). The normalized spacial score (nSPS) is 23.6. The van der Waals surface area contributed by atoms with Gasteiger partial charge in [-0.1, -0.05) is 48.5 Å². The number of rotatable bonds is 7. The first-order valence-electron chi connectivity index (χ1n) is 13.5. The Morgan fingerprint density at radius 1 is 0.861 bits per heavy atom. The SMILES string of the molecule is CC(C)(C)Oc1ccc2c(c1)CC[C@H](c1ccccc1)[C@@H]2c1ccc(OC2CCC(CC=O)C2)cc1. The second-order valence-electron chi connectivity index (χ2n) is 11.5. The predicted molar refractivity (Wildman–Crippen MR) is 145 cm³/mol. The zero-order valence-electron chi connectivity index (χ0n) is 21.8. The van der Waals surface area contributed by atoms with Crippen molar-refractivity contribution in [3.05, 3.63) is 95.1 Å². The minimum absolute atomic E-state index is 0.211. The zero-order chi connectivity index (χ0) is 25.1. The molecule has 1 saturated carbocycles. The number of aryl methyl sites for hydroxylation is 1. The van der Waals surface area contributed by atoms with Gasteiger partial charge in [0.15, 0.2) is 0 Å². The zero-order valence-corrected chi connectivity index (χ0v) is 21.8. The molecule has 0 amide bonds. The van der Waals surface area contributed by atoms with Gasteiger partial charge in [0.05, 0.1) is 6.10 Å². The molecular formula is C33H38O3. The van der Waals surface area contributed by atoms with Gasteiger partial charge in [0.25, 0.3) is 0 Å². The van der Waals surface area contributed by atoms with Crippen LogP contribution in [0.4, 0.5) is 0 Å². The summed E-state index contributed by atoms with van der Waals surface area (Å²) in [5.41, 5.74) is 5.30. The fourth-order valence-corrected chi connectivity index (χ4v) is 6.12. The second-order valence-corrected chi connectivity index (χ2v) is 11.5. The first-order valence-corrected chi connectivity index (χ1v) is 13.5. The Bertz CT molecular complexity index is 1160. The summed E-state index contributed by atoms with van der Waals surface area (Å²) < 4.78 is 12.5. The summed E-state index contributed by atoms with van der Waals surface area (Å²) in [6.45, 7) is 6.29. The third kappa shape index (κ3) is 5.67. The van der Waals surface area contributed by atoms with Crippen LogP contribution in [0.25, 0.3) is 0 Å². The lowest BCUT2D eigenvalue weighted by Gasteiger charge is -2.35. The maximum absolute atomic E-state index is 10.9. The molecule has 1 fully saturated rings. The Balaban J connectivity index is 1.42. The molecule has 0 aliphatic heterocycles. The molecule has 0 spiro atoms. The maximum Gasteiger partial charge on any atom is 0.120 e. The number of hydrogen-bond acceptors (Lipinski definition) is 3. The molecule has 0 saturated heterocycles. The van der Waals surface area contributed by atoms with Crippen LogP contribution >= 0.6 is 0 Å². The summed E-state index contributed by atoms with van der Waals surface area (Å²) >= 11 is 0. The highest BCUT2D eigenvalue weighted by atomic mass is 16.5. The van der Waals surface area contributed by atoms with Gasteiger partial charge in [-0.15, -0.1) is 0 Å². The number of carbonyl (C=O) groups excluding carboxylic acids is 1. The van der Waals surface area contributed by atoms with Crippen molar-refractivity contribution in [2.24, 2.45) is 5.92 Å². The van der Waals surface area contributed by atoms with Crippen molar-refractivity contribution in [3.8, 4) is 11.5 Å². The van der Waals surface area contributed by atoms with Crippen molar-refractivity contribution in [1.29, 1.82) is 0 Å². The van der Waals surface area contributed by atoms with Crippen LogP contribution in [0.5, 0.6) is 11.5 Å². The Labute approximate surface area is 215 Å². The van der Waals surface area contributed by atoms with Crippen molar-refractivity contribution < 1.29 is 14.3 Å². The molecule has 2 aliphatic carbocycles. The van der Waals surface area contributed by atoms with Crippen LogP contribution in [0, 0.1) is 5.92 Å². The van der Waals surface area contributed by atoms with E-state index in [0.717, 1.165) is 49.9 Å². The van der Waals surface area contributed by atoms with Gasteiger partial charge in [0, 0.05) is 12.3 Å². The number of fused-ring (bicyclic) bond motifs is 1. The van der Waals surface area contributed by atoms with E-state index in [-0.39, 0.29) is 17.6 Å². The van der Waals surface area contributed by atoms with Crippen LogP contribution in [0.3, 0.4) is 0 Å². The molecule has 0 heterocycles. The fraction of sp³-hybridized carbons (Fsp3) is 0.424. The molecule has 0 bridgehead atoms. The molecule has 0 N–H and O–H groups in total. The van der Waals surface area contributed by atoms with E-state index < -0.39 is 0 Å². The highest BCUT2D eigenvalue weighted by molar-refractivity contribution is 5.50. The van der Waals surface area contributed by atoms with Gasteiger partial charge >= 0.3 is 0 Å². The van der Waals surface area contributed by atoms with Crippen LogP contribution in [0.2, 0.25) is 0 Å². The molecule has 2 unspecified atom stereocenters. The van der Waals surface area contributed by atoms with Crippen molar-refractivity contribution in [1.82, 2.24) is 0 Å². The minimum atomic E-state index is -0.211. The van der Waals surface area contributed by atoms with Crippen molar-refractivity contribution in [2.45, 2.75) is 82.8 Å². The Morgan fingerprint density at radius 3 is 2.33 bits per heavy atom. The highest BCUT2D eigenvalue weighted by Gasteiger charge is 2.33. The maximum atomic E-state index is 10.9. The average molecular weight is 483 g/mol. The second kappa shape index (κ2) is 10.5. The van der Waals surface area contributed by atoms with Gasteiger partial charge < -0.3 is 14.3 Å². The van der Waals surface area contributed by atoms with Crippen molar-refractivity contribution in [3.63, 3.8) is 0 Å². The summed E-state index contributed by atoms with van der Waals surface area (Å²) in [5, 5.41) is 0. The summed E-state index contributed by atoms with van der Waals surface area (Å²) in [7, 11) is 0. The van der Waals surface area contributed by atoms with E-state index in [9.17, 15) is 4.79 Å². The third-order valence-corrected chi connectivity index (χ3v) is 7.69. The molecule has 4 atom stereocenters. The van der Waals surface area contributed by atoms with E-state index in [1.54, 1.807) is 0 Å². The summed E-state index contributed by atoms with van der Waals surface area (Å²) in [6, 6.07) is 26.4. The summed E-state index contributed by atoms with van der Waals surface area (Å²) in [4.78, 5) is 10.9. The lowest BCUT2D eigenvalue weighted by Crippen LogP contribution is -2.24. The molecule has 0 radical (unpaired) electrons. The first-order chi connectivity index (χ1) is 17.4. The molecule has 3 aromatic rings. The van der Waals surface area contributed by atoms with Gasteiger partial charge in [-0.2, -0.15) is 0 Å². The van der Waals surface area contributed by atoms with Crippen molar-refractivity contribution >= 4 is 6.29 Å². The lowest BCUT2D eigenvalue weighted by atomic mass is 9.69. The number of carbonyl (C=O) groups is 1. The lowest BCUT2D eigenvalue weighted by molar-refractivity contribution is -0.108. The van der Waals surface area contributed by atoms with Crippen LogP contribution in [-0.2, 0) is 11.2 Å². The number of ether oxygens (including phenoxy) is 2. The topological polar surface area (TPSA) is 35.5 Å². The monoisotopic (exact) mass is 482 g/mol. The summed E-state index contributed by atoms with van der Waals surface area (Å²) in [6.07, 6.45) is 7.18. The smallest absolute Gasteiger partial charge is 0.120 e. The Kier molecular flexibility index (Phi) is 7.18. The molecule has 3 nitrogen and oxygen atoms in total. The van der Waals surface area contributed by atoms with Crippen LogP contribution < -0.4 is 9.47 Å². The molecule has 0 aromatic heterocycles. The van der Waals surface area contributed by atoms with Crippen LogP contribution in [0.1, 0.15) is 87.0 Å². The largest absolute Gasteiger partial charge is 0.490 e.